The van der Waals surface area contributed by atoms with Crippen molar-refractivity contribution in [3.8, 4) is 11.5 Å². The Hall–Kier alpha value is -1.26. The third-order valence-electron chi connectivity index (χ3n) is 5.49. The van der Waals surface area contributed by atoms with Crippen molar-refractivity contribution >= 4 is 0 Å². The lowest BCUT2D eigenvalue weighted by atomic mass is 9.75. The zero-order chi connectivity index (χ0) is 20.1. The Bertz CT molecular complexity index is 526. The first-order valence-electron chi connectivity index (χ1n) is 9.95. The molecule has 2 unspecified atom stereocenters. The van der Waals surface area contributed by atoms with Crippen LogP contribution in [-0.4, -0.2) is 22.3 Å². The number of phenols is 2. The van der Waals surface area contributed by atoms with E-state index in [1.807, 2.05) is 13.8 Å². The van der Waals surface area contributed by atoms with Gasteiger partial charge in [0.05, 0.1) is 0 Å². The smallest absolute Gasteiger partial charge is 0.119 e. The van der Waals surface area contributed by atoms with Crippen LogP contribution in [0.25, 0.3) is 0 Å². The van der Waals surface area contributed by atoms with Crippen molar-refractivity contribution in [2.24, 2.45) is 11.5 Å². The van der Waals surface area contributed by atoms with E-state index in [4.69, 9.17) is 11.5 Å². The van der Waals surface area contributed by atoms with Crippen LogP contribution in [-0.2, 0) is 10.8 Å². The van der Waals surface area contributed by atoms with Gasteiger partial charge in [-0.15, -0.1) is 0 Å². The van der Waals surface area contributed by atoms with Crippen LogP contribution in [0.15, 0.2) is 12.1 Å². The summed E-state index contributed by atoms with van der Waals surface area (Å²) in [7, 11) is 0. The minimum Gasteiger partial charge on any atom is -0.508 e. The van der Waals surface area contributed by atoms with Gasteiger partial charge in [-0.3, -0.25) is 0 Å². The maximum absolute atomic E-state index is 10.7. The molecule has 0 aliphatic carbocycles. The maximum atomic E-state index is 10.7. The van der Waals surface area contributed by atoms with Crippen LogP contribution in [0.5, 0.6) is 11.5 Å². The molecular formula is C22H40N2O2. The van der Waals surface area contributed by atoms with Gasteiger partial charge in [0.15, 0.2) is 0 Å². The number of hydrogen-bond donors (Lipinski definition) is 4. The summed E-state index contributed by atoms with van der Waals surface area (Å²) < 4.78 is 0. The normalized spacial score (nSPS) is 15.1. The van der Waals surface area contributed by atoms with Crippen LogP contribution in [0, 0.1) is 0 Å². The topological polar surface area (TPSA) is 92.5 Å². The van der Waals surface area contributed by atoms with Crippen LogP contribution in [0.1, 0.15) is 91.2 Å². The highest BCUT2D eigenvalue weighted by molar-refractivity contribution is 5.50. The van der Waals surface area contributed by atoms with E-state index in [1.54, 1.807) is 12.1 Å². The van der Waals surface area contributed by atoms with Gasteiger partial charge in [-0.1, -0.05) is 40.5 Å². The van der Waals surface area contributed by atoms with Crippen molar-refractivity contribution in [1.82, 2.24) is 0 Å². The number of nitrogens with two attached hydrogens (primary N) is 2. The Kier molecular flexibility index (Phi) is 7.97. The highest BCUT2D eigenvalue weighted by Crippen LogP contribution is 2.43. The zero-order valence-electron chi connectivity index (χ0n) is 17.6. The SMILES string of the molecule is CC(N)CCCC(C)(C)c1cc(O)c(C(C)(C)CCCC(C)N)cc1O. The lowest BCUT2D eigenvalue weighted by Gasteiger charge is -2.31. The third kappa shape index (κ3) is 6.48. The highest BCUT2D eigenvalue weighted by atomic mass is 16.3. The fourth-order valence-electron chi connectivity index (χ4n) is 3.66. The summed E-state index contributed by atoms with van der Waals surface area (Å²) in [5.41, 5.74) is 12.9. The predicted molar refractivity (Wildman–Crippen MR) is 111 cm³/mol. The minimum absolute atomic E-state index is 0.187. The summed E-state index contributed by atoms with van der Waals surface area (Å²) in [5.74, 6) is 0.535. The van der Waals surface area contributed by atoms with Crippen molar-refractivity contribution < 1.29 is 10.2 Å². The standard InChI is InChI=1S/C22H40N2O2/c1-15(23)9-7-11-21(3,4)17-13-20(26)18(14-19(17)25)22(5,6)12-8-10-16(2)24/h13-16,25-26H,7-12,23-24H2,1-6H3. The van der Waals surface area contributed by atoms with Crippen molar-refractivity contribution in [3.63, 3.8) is 0 Å². The number of phenolic OH excluding ortho intramolecular Hbond substituents is 2. The van der Waals surface area contributed by atoms with Gasteiger partial charge in [-0.2, -0.15) is 0 Å². The van der Waals surface area contributed by atoms with E-state index < -0.39 is 0 Å². The fourth-order valence-corrected chi connectivity index (χ4v) is 3.66. The Morgan fingerprint density at radius 3 is 1.35 bits per heavy atom. The van der Waals surface area contributed by atoms with Crippen LogP contribution in [0.4, 0.5) is 0 Å². The number of benzene rings is 1. The molecular weight excluding hydrogens is 324 g/mol. The van der Waals surface area contributed by atoms with Crippen molar-refractivity contribution in [2.45, 2.75) is 103 Å². The lowest BCUT2D eigenvalue weighted by Crippen LogP contribution is -2.22. The van der Waals surface area contributed by atoms with E-state index in [2.05, 4.69) is 27.7 Å². The molecule has 0 heterocycles. The molecule has 0 aromatic heterocycles. The van der Waals surface area contributed by atoms with Crippen LogP contribution in [0.3, 0.4) is 0 Å². The summed E-state index contributed by atoms with van der Waals surface area (Å²) in [6, 6.07) is 3.88. The van der Waals surface area contributed by atoms with Crippen molar-refractivity contribution in [3.05, 3.63) is 23.3 Å². The molecule has 0 spiro atoms. The van der Waals surface area contributed by atoms with Crippen LogP contribution in [0.2, 0.25) is 0 Å². The van der Waals surface area contributed by atoms with E-state index >= 15 is 0 Å². The molecule has 1 aromatic carbocycles. The van der Waals surface area contributed by atoms with E-state index in [-0.39, 0.29) is 34.4 Å². The maximum Gasteiger partial charge on any atom is 0.119 e. The Morgan fingerprint density at radius 1 is 0.769 bits per heavy atom. The highest BCUT2D eigenvalue weighted by Gasteiger charge is 2.29. The van der Waals surface area contributed by atoms with Gasteiger partial charge in [-0.05, 0) is 62.5 Å². The summed E-state index contributed by atoms with van der Waals surface area (Å²) in [6.45, 7) is 12.5. The molecule has 6 N–H and O–H groups in total. The summed E-state index contributed by atoms with van der Waals surface area (Å²) >= 11 is 0. The molecule has 4 heteroatoms. The van der Waals surface area contributed by atoms with Gasteiger partial charge in [0.25, 0.3) is 0 Å². The molecule has 0 amide bonds. The molecule has 150 valence electrons. The molecule has 0 fully saturated rings. The van der Waals surface area contributed by atoms with Crippen molar-refractivity contribution in [1.29, 1.82) is 0 Å². The summed E-state index contributed by atoms with van der Waals surface area (Å²) in [5, 5.41) is 21.4. The molecule has 26 heavy (non-hydrogen) atoms. The molecule has 2 atom stereocenters. The van der Waals surface area contributed by atoms with Gasteiger partial charge < -0.3 is 21.7 Å². The van der Waals surface area contributed by atoms with E-state index in [1.165, 1.54) is 0 Å². The van der Waals surface area contributed by atoms with Gasteiger partial charge in [0.1, 0.15) is 11.5 Å². The molecule has 0 bridgehead atoms. The summed E-state index contributed by atoms with van der Waals surface area (Å²) in [4.78, 5) is 0. The van der Waals surface area contributed by atoms with Gasteiger partial charge >= 0.3 is 0 Å². The first kappa shape index (κ1) is 22.8. The first-order valence-corrected chi connectivity index (χ1v) is 9.95. The van der Waals surface area contributed by atoms with E-state index in [9.17, 15) is 10.2 Å². The molecule has 1 rings (SSSR count). The first-order chi connectivity index (χ1) is 11.9. The second-order valence-corrected chi connectivity index (χ2v) is 9.39. The fraction of sp³-hybridized carbons (Fsp3) is 0.727. The second-order valence-electron chi connectivity index (χ2n) is 9.39. The van der Waals surface area contributed by atoms with Gasteiger partial charge in [-0.25, -0.2) is 0 Å². The largest absolute Gasteiger partial charge is 0.508 e. The second kappa shape index (κ2) is 9.09. The quantitative estimate of drug-likeness (QED) is 0.453. The van der Waals surface area contributed by atoms with Crippen LogP contribution >= 0.6 is 0 Å². The van der Waals surface area contributed by atoms with Gasteiger partial charge in [0.2, 0.25) is 0 Å². The molecule has 0 radical (unpaired) electrons. The van der Waals surface area contributed by atoms with Gasteiger partial charge in [0, 0.05) is 23.2 Å². The third-order valence-corrected chi connectivity index (χ3v) is 5.49. The lowest BCUT2D eigenvalue weighted by molar-refractivity contribution is 0.379. The molecule has 1 aromatic rings. The molecule has 0 saturated carbocycles. The predicted octanol–water partition coefficient (Wildman–Crippen LogP) is 4.69. The molecule has 0 saturated heterocycles. The number of hydrogen-bond acceptors (Lipinski definition) is 4. The molecule has 0 aliphatic rings. The number of aromatic hydroxyl groups is 2. The monoisotopic (exact) mass is 364 g/mol. The Balaban J connectivity index is 2.99. The average Bonchev–Trinajstić information content (AvgIpc) is 2.47. The van der Waals surface area contributed by atoms with E-state index in [0.717, 1.165) is 49.7 Å². The molecule has 4 nitrogen and oxygen atoms in total. The van der Waals surface area contributed by atoms with Crippen molar-refractivity contribution in [2.75, 3.05) is 0 Å². The average molecular weight is 365 g/mol. The summed E-state index contributed by atoms with van der Waals surface area (Å²) in [6.07, 6.45) is 5.74. The minimum atomic E-state index is -0.214. The number of rotatable bonds is 10. The molecule has 0 aliphatic heterocycles. The van der Waals surface area contributed by atoms with Crippen LogP contribution < -0.4 is 11.5 Å². The van der Waals surface area contributed by atoms with E-state index in [0.29, 0.717) is 0 Å². The zero-order valence-corrected chi connectivity index (χ0v) is 17.6. The Labute approximate surface area is 160 Å². The Morgan fingerprint density at radius 2 is 1.08 bits per heavy atom.